The highest BCUT2D eigenvalue weighted by Crippen LogP contribution is 2.45. The van der Waals surface area contributed by atoms with Gasteiger partial charge in [0, 0.05) is 44.2 Å². The molecule has 19 nitrogen and oxygen atoms in total. The van der Waals surface area contributed by atoms with Gasteiger partial charge in [-0.15, -0.1) is 10.2 Å². The van der Waals surface area contributed by atoms with Crippen LogP contribution < -0.4 is 26.2 Å². The first-order valence-electron chi connectivity index (χ1n) is 19.2. The van der Waals surface area contributed by atoms with Crippen molar-refractivity contribution in [3.05, 3.63) is 71.8 Å². The first-order valence-corrected chi connectivity index (χ1v) is 19.2. The zero-order valence-electron chi connectivity index (χ0n) is 31.6. The number of carbonyl (C=O) groups is 2. The highest BCUT2D eigenvalue weighted by molar-refractivity contribution is 5.85. The van der Waals surface area contributed by atoms with Gasteiger partial charge in [-0.25, -0.2) is 14.6 Å². The Hall–Kier alpha value is -5.97. The molecule has 0 unspecified atom stereocenters. The van der Waals surface area contributed by atoms with Gasteiger partial charge in [0.05, 0.1) is 12.9 Å². The largest absolute Gasteiger partial charge is 0.490 e. The predicted molar refractivity (Wildman–Crippen MR) is 203 cm³/mol. The number of urea groups is 1. The normalized spacial score (nSPS) is 23.8. The van der Waals surface area contributed by atoms with E-state index in [9.17, 15) is 28.2 Å². The van der Waals surface area contributed by atoms with Crippen molar-refractivity contribution in [2.45, 2.75) is 75.0 Å². The molecule has 6 heterocycles. The summed E-state index contributed by atoms with van der Waals surface area (Å²) in [6.07, 6.45) is -6.59. The topological polar surface area (TPSA) is 243 Å². The minimum absolute atomic E-state index is 0.0804. The second-order valence-electron chi connectivity index (χ2n) is 14.6. The van der Waals surface area contributed by atoms with Crippen LogP contribution in [0.1, 0.15) is 55.0 Å². The predicted octanol–water partition coefficient (Wildman–Crippen LogP) is 1.92. The Morgan fingerprint density at radius 2 is 1.68 bits per heavy atom. The van der Waals surface area contributed by atoms with E-state index in [-0.39, 0.29) is 29.9 Å². The highest BCUT2D eigenvalue weighted by Gasteiger charge is 2.47. The molecule has 0 saturated carbocycles. The number of amides is 2. The fourth-order valence-corrected chi connectivity index (χ4v) is 7.89. The summed E-state index contributed by atoms with van der Waals surface area (Å²) in [6, 6.07) is 16.8. The monoisotopic (exact) mass is 821 g/mol. The summed E-state index contributed by atoms with van der Waals surface area (Å²) in [5.41, 5.74) is 5.84. The summed E-state index contributed by atoms with van der Waals surface area (Å²) in [4.78, 5) is 39.8. The summed E-state index contributed by atoms with van der Waals surface area (Å²) in [6.45, 7) is 5.73. The molecule has 9 rings (SSSR count). The van der Waals surface area contributed by atoms with Crippen LogP contribution in [-0.2, 0) is 16.1 Å². The number of hydrogen-bond donors (Lipinski definition) is 7. The van der Waals surface area contributed by atoms with Crippen LogP contribution in [-0.4, -0.2) is 130 Å². The lowest BCUT2D eigenvalue weighted by molar-refractivity contribution is -0.192. The van der Waals surface area contributed by atoms with Gasteiger partial charge in [0.25, 0.3) is 0 Å². The van der Waals surface area contributed by atoms with Crippen molar-refractivity contribution in [1.29, 1.82) is 0 Å². The lowest BCUT2D eigenvalue weighted by Gasteiger charge is -2.21. The Balaban J connectivity index is 0.000000637. The van der Waals surface area contributed by atoms with Gasteiger partial charge in [-0.1, -0.05) is 48.5 Å². The molecule has 312 valence electrons. The molecule has 0 spiro atoms. The number of aliphatic hydroxyl groups excluding tert-OH is 2. The maximum atomic E-state index is 12.8. The zero-order valence-corrected chi connectivity index (χ0v) is 31.6. The van der Waals surface area contributed by atoms with Crippen LogP contribution in [0.15, 0.2) is 54.9 Å². The number of benzene rings is 2. The van der Waals surface area contributed by atoms with Gasteiger partial charge in [0.1, 0.15) is 12.2 Å². The number of carbonyl (C=O) groups excluding carboxylic acids is 1. The number of alkyl halides is 3. The molecule has 2 amide bonds. The van der Waals surface area contributed by atoms with E-state index in [1.165, 1.54) is 27.1 Å². The molecule has 2 aromatic carbocycles. The molecule has 6 atom stereocenters. The number of tetrazole rings is 1. The van der Waals surface area contributed by atoms with Crippen molar-refractivity contribution in [2.24, 2.45) is 0 Å². The van der Waals surface area contributed by atoms with E-state index in [1.807, 2.05) is 11.8 Å². The molecule has 0 bridgehead atoms. The SMILES string of the molecule is CCn1nnc([C@H]2O[C@@H](n3cnc4c(NCC5c6ccccc6-c6ccccc65)nc(N5CC[C@@H](NC(=O)N[C@@H]6CCNC6)C5)nc43)[C@H](O)[C@@H]2O)n1.O=C(O)C(F)(F)F. The second-order valence-corrected chi connectivity index (χ2v) is 14.6. The fourth-order valence-electron chi connectivity index (χ4n) is 7.89. The Kier molecular flexibility index (Phi) is 11.0. The lowest BCUT2D eigenvalue weighted by Crippen LogP contribution is -2.47. The van der Waals surface area contributed by atoms with E-state index in [0.29, 0.717) is 49.1 Å². The number of nitrogens with one attached hydrogen (secondary N) is 4. The maximum Gasteiger partial charge on any atom is 0.490 e. The van der Waals surface area contributed by atoms with Crippen LogP contribution >= 0.6 is 0 Å². The van der Waals surface area contributed by atoms with Crippen molar-refractivity contribution in [1.82, 2.24) is 55.7 Å². The van der Waals surface area contributed by atoms with E-state index in [1.54, 1.807) is 10.9 Å². The first-order chi connectivity index (χ1) is 28.4. The average molecular weight is 822 g/mol. The molecule has 4 aliphatic rings. The lowest BCUT2D eigenvalue weighted by atomic mass is 9.97. The average Bonchev–Trinajstić information content (AvgIpc) is 4.09. The van der Waals surface area contributed by atoms with Gasteiger partial charge in [-0.05, 0) is 53.8 Å². The second kappa shape index (κ2) is 16.4. The summed E-state index contributed by atoms with van der Waals surface area (Å²) < 4.78 is 39.6. The summed E-state index contributed by atoms with van der Waals surface area (Å²) in [7, 11) is 0. The fraction of sp³-hybridized carbons (Fsp3) is 0.459. The van der Waals surface area contributed by atoms with E-state index in [0.717, 1.165) is 25.9 Å². The number of fused-ring (bicyclic) bond motifs is 4. The number of hydrogen-bond acceptors (Lipinski definition) is 14. The van der Waals surface area contributed by atoms with Gasteiger partial charge in [0.2, 0.25) is 11.8 Å². The maximum absolute atomic E-state index is 12.8. The minimum Gasteiger partial charge on any atom is -0.475 e. The van der Waals surface area contributed by atoms with Crippen LogP contribution in [0.5, 0.6) is 0 Å². The molecule has 3 aliphatic heterocycles. The van der Waals surface area contributed by atoms with E-state index in [2.05, 4.69) is 85.2 Å². The van der Waals surface area contributed by atoms with Crippen molar-refractivity contribution < 1.29 is 42.8 Å². The van der Waals surface area contributed by atoms with Crippen molar-refractivity contribution in [2.75, 3.05) is 42.9 Å². The Morgan fingerprint density at radius 3 is 2.32 bits per heavy atom. The molecule has 5 aromatic rings. The van der Waals surface area contributed by atoms with Gasteiger partial charge < -0.3 is 46.2 Å². The van der Waals surface area contributed by atoms with E-state index in [4.69, 9.17) is 29.6 Å². The molecule has 3 saturated heterocycles. The van der Waals surface area contributed by atoms with Crippen molar-refractivity contribution in [3.8, 4) is 11.1 Å². The summed E-state index contributed by atoms with van der Waals surface area (Å²) in [5, 5.41) is 54.8. The molecule has 22 heteroatoms. The Bertz CT molecular complexity index is 2270. The number of aromatic nitrogens is 8. The molecule has 59 heavy (non-hydrogen) atoms. The van der Waals surface area contributed by atoms with Crippen LogP contribution in [0.3, 0.4) is 0 Å². The molecule has 0 radical (unpaired) electrons. The minimum atomic E-state index is -5.08. The standard InChI is InChI=1S/C35H41N13O4.C2HF3O2/c1-2-48-44-31(43-45-48)29-27(49)28(50)33(52-29)47-18-38-26-30(37-16-25-23-9-5-3-7-21(23)22-8-4-6-10-24(22)25)41-34(42-32(26)47)46-14-12-20(17-46)40-35(51)39-19-11-13-36-15-19;3-2(4,5)1(6)7/h3-10,18-20,25,27-29,33,36,49-50H,2,11-17H2,1H3,(H,37,41,42)(H2,39,40,51);(H,6,7)/t19-,20-,27+,28-,29+,33-;/m1./s1. The number of imidazole rings is 1. The van der Waals surface area contributed by atoms with Crippen molar-refractivity contribution in [3.63, 3.8) is 0 Å². The summed E-state index contributed by atoms with van der Waals surface area (Å²) in [5.74, 6) is -1.52. The number of anilines is 2. The third-order valence-corrected chi connectivity index (χ3v) is 10.8. The van der Waals surface area contributed by atoms with E-state index < -0.39 is 36.7 Å². The third-order valence-electron chi connectivity index (χ3n) is 10.8. The summed E-state index contributed by atoms with van der Waals surface area (Å²) >= 11 is 0. The zero-order chi connectivity index (χ0) is 41.4. The number of ether oxygens (including phenoxy) is 1. The number of aliphatic carboxylic acids is 1. The van der Waals surface area contributed by atoms with Gasteiger partial charge in [-0.2, -0.15) is 27.9 Å². The number of rotatable bonds is 9. The molecule has 7 N–H and O–H groups in total. The van der Waals surface area contributed by atoms with Crippen LogP contribution in [0, 0.1) is 0 Å². The Morgan fingerprint density at radius 1 is 0.983 bits per heavy atom. The van der Waals surface area contributed by atoms with Gasteiger partial charge >= 0.3 is 18.2 Å². The molecule has 1 aliphatic carbocycles. The van der Waals surface area contributed by atoms with Gasteiger partial charge in [0.15, 0.2) is 29.3 Å². The number of halogens is 3. The third kappa shape index (κ3) is 8.07. The highest BCUT2D eigenvalue weighted by atomic mass is 19.4. The number of aryl methyl sites for hydroxylation is 1. The van der Waals surface area contributed by atoms with Crippen LogP contribution in [0.2, 0.25) is 0 Å². The number of nitrogens with zero attached hydrogens (tertiary/aromatic N) is 9. The molecular formula is C37H42F3N13O6. The van der Waals surface area contributed by atoms with Crippen LogP contribution in [0.25, 0.3) is 22.3 Å². The molecule has 3 fully saturated rings. The molecule has 3 aromatic heterocycles. The number of carboxylic acid groups (broad SMARTS) is 1. The number of aliphatic hydroxyl groups is 2. The first kappa shape index (κ1) is 39.8. The Labute approximate surface area is 334 Å². The smallest absolute Gasteiger partial charge is 0.475 e. The van der Waals surface area contributed by atoms with Crippen molar-refractivity contribution >= 4 is 34.9 Å². The number of carboxylic acids is 1. The van der Waals surface area contributed by atoms with E-state index >= 15 is 0 Å². The van der Waals surface area contributed by atoms with Crippen LogP contribution in [0.4, 0.5) is 29.7 Å². The molecular weight excluding hydrogens is 779 g/mol. The quantitative estimate of drug-likeness (QED) is 0.112. The van der Waals surface area contributed by atoms with Gasteiger partial charge in [-0.3, -0.25) is 4.57 Å².